The highest BCUT2D eigenvalue weighted by atomic mass is 32.2. The van der Waals surface area contributed by atoms with E-state index in [4.69, 9.17) is 0 Å². The van der Waals surface area contributed by atoms with E-state index in [1.807, 2.05) is 0 Å². The zero-order valence-electron chi connectivity index (χ0n) is 11.0. The number of hydrogen-bond donors (Lipinski definition) is 1. The molecule has 1 aromatic carbocycles. The number of pyridine rings is 1. The summed E-state index contributed by atoms with van der Waals surface area (Å²) in [7, 11) is -0.805. The minimum Gasteiger partial charge on any atom is -0.383 e. The first-order valence-electron chi connectivity index (χ1n) is 6.15. The number of nitro groups is 1. The molecule has 0 aliphatic rings. The Morgan fingerprint density at radius 3 is 2.90 bits per heavy atom. The minimum absolute atomic E-state index is 0.0494. The predicted molar refractivity (Wildman–Crippen MR) is 80.4 cm³/mol. The van der Waals surface area contributed by atoms with Gasteiger partial charge in [-0.15, -0.1) is 0 Å². The maximum Gasteiger partial charge on any atom is 0.278 e. The van der Waals surface area contributed by atoms with Crippen LogP contribution in [0.3, 0.4) is 0 Å². The average molecular weight is 293 g/mol. The third kappa shape index (κ3) is 3.30. The van der Waals surface area contributed by atoms with E-state index in [9.17, 15) is 14.3 Å². The normalized spacial score (nSPS) is 12.2. The third-order valence-corrected chi connectivity index (χ3v) is 3.73. The smallest absolute Gasteiger partial charge is 0.278 e. The van der Waals surface area contributed by atoms with Gasteiger partial charge in [-0.2, -0.15) is 0 Å². The van der Waals surface area contributed by atoms with Gasteiger partial charge in [-0.05, 0) is 24.6 Å². The van der Waals surface area contributed by atoms with Crippen LogP contribution in [0.25, 0.3) is 10.9 Å². The quantitative estimate of drug-likeness (QED) is 0.502. The predicted octanol–water partition coefficient (Wildman–Crippen LogP) is 2.32. The number of nitrogens with zero attached hydrogens (tertiary/aromatic N) is 2. The molecule has 0 bridgehead atoms. The van der Waals surface area contributed by atoms with Crippen molar-refractivity contribution in [1.29, 1.82) is 0 Å². The lowest BCUT2D eigenvalue weighted by atomic mass is 10.1. The molecule has 20 heavy (non-hydrogen) atoms. The highest BCUT2D eigenvalue weighted by Crippen LogP contribution is 2.29. The van der Waals surface area contributed by atoms with Gasteiger partial charge in [0.05, 0.1) is 16.0 Å². The van der Waals surface area contributed by atoms with E-state index in [-0.39, 0.29) is 5.69 Å². The van der Waals surface area contributed by atoms with E-state index < -0.39 is 15.7 Å². The van der Waals surface area contributed by atoms with Crippen molar-refractivity contribution >= 4 is 33.1 Å². The largest absolute Gasteiger partial charge is 0.383 e. The van der Waals surface area contributed by atoms with Crippen molar-refractivity contribution in [3.63, 3.8) is 0 Å². The van der Waals surface area contributed by atoms with Gasteiger partial charge in [-0.25, -0.2) is 0 Å². The standard InChI is InChI=1S/C13H15N3O3S/c1-20(19)9-3-8-14-11-5-6-12(16(17)18)10-4-2-7-15-13(10)11/h2,4-7,14H,3,8-9H2,1H3. The van der Waals surface area contributed by atoms with Crippen LogP contribution < -0.4 is 5.32 Å². The number of rotatable bonds is 6. The van der Waals surface area contributed by atoms with Gasteiger partial charge in [-0.3, -0.25) is 19.3 Å². The molecule has 0 saturated heterocycles. The monoisotopic (exact) mass is 293 g/mol. The summed E-state index contributed by atoms with van der Waals surface area (Å²) >= 11 is 0. The number of fused-ring (bicyclic) bond motifs is 1. The molecule has 2 aromatic rings. The van der Waals surface area contributed by atoms with Crippen molar-refractivity contribution in [2.75, 3.05) is 23.9 Å². The number of nitrogens with one attached hydrogen (secondary N) is 1. The van der Waals surface area contributed by atoms with Crippen molar-refractivity contribution in [3.8, 4) is 0 Å². The van der Waals surface area contributed by atoms with Gasteiger partial charge in [0.1, 0.15) is 5.52 Å². The molecule has 0 aliphatic heterocycles. The molecular formula is C13H15N3O3S. The van der Waals surface area contributed by atoms with E-state index in [0.29, 0.717) is 23.2 Å². The number of aromatic nitrogens is 1. The van der Waals surface area contributed by atoms with Gasteiger partial charge in [-0.1, -0.05) is 0 Å². The first-order chi connectivity index (χ1) is 9.59. The highest BCUT2D eigenvalue weighted by molar-refractivity contribution is 7.84. The molecule has 106 valence electrons. The summed E-state index contributed by atoms with van der Waals surface area (Å²) in [5.74, 6) is 0.630. The Labute approximate surface area is 118 Å². The van der Waals surface area contributed by atoms with Crippen molar-refractivity contribution in [3.05, 3.63) is 40.6 Å². The van der Waals surface area contributed by atoms with Crippen molar-refractivity contribution in [1.82, 2.24) is 4.98 Å². The Bertz CT molecular complexity index is 660. The summed E-state index contributed by atoms with van der Waals surface area (Å²) in [6.45, 7) is 0.656. The number of hydrogen-bond acceptors (Lipinski definition) is 5. The highest BCUT2D eigenvalue weighted by Gasteiger charge is 2.14. The lowest BCUT2D eigenvalue weighted by Gasteiger charge is -2.08. The maximum absolute atomic E-state index is 11.0. The second-order valence-electron chi connectivity index (χ2n) is 4.35. The molecule has 0 fully saturated rings. The van der Waals surface area contributed by atoms with Crippen LogP contribution in [0.2, 0.25) is 0 Å². The van der Waals surface area contributed by atoms with Gasteiger partial charge >= 0.3 is 0 Å². The summed E-state index contributed by atoms with van der Waals surface area (Å²) in [6.07, 6.45) is 4.05. The molecule has 0 saturated carbocycles. The molecule has 1 unspecified atom stereocenters. The number of nitro benzene ring substituents is 1. The Balaban J connectivity index is 2.24. The summed E-state index contributed by atoms with van der Waals surface area (Å²) in [6, 6.07) is 6.51. The Morgan fingerprint density at radius 2 is 2.20 bits per heavy atom. The molecule has 6 nitrogen and oxygen atoms in total. The zero-order valence-corrected chi connectivity index (χ0v) is 11.9. The fourth-order valence-electron chi connectivity index (χ4n) is 1.96. The van der Waals surface area contributed by atoms with E-state index in [1.54, 1.807) is 30.7 Å². The van der Waals surface area contributed by atoms with Crippen LogP contribution in [0, 0.1) is 10.1 Å². The Kier molecular flexibility index (Phi) is 4.62. The molecule has 2 rings (SSSR count). The first kappa shape index (κ1) is 14.4. The van der Waals surface area contributed by atoms with Crippen LogP contribution in [-0.2, 0) is 10.8 Å². The SMILES string of the molecule is CS(=O)CCCNc1ccc([N+](=O)[O-])c2cccnc12. The fraction of sp³-hybridized carbons (Fsp3) is 0.308. The molecule has 0 radical (unpaired) electrons. The second-order valence-corrected chi connectivity index (χ2v) is 5.90. The van der Waals surface area contributed by atoms with Crippen molar-refractivity contribution in [2.45, 2.75) is 6.42 Å². The number of non-ortho nitro benzene ring substituents is 1. The van der Waals surface area contributed by atoms with Crippen LogP contribution in [0.15, 0.2) is 30.5 Å². The molecule has 1 heterocycles. The first-order valence-corrected chi connectivity index (χ1v) is 7.88. The van der Waals surface area contributed by atoms with Gasteiger partial charge < -0.3 is 5.32 Å². The molecule has 1 aromatic heterocycles. The van der Waals surface area contributed by atoms with Crippen LogP contribution >= 0.6 is 0 Å². The Hall–Kier alpha value is -2.02. The van der Waals surface area contributed by atoms with E-state index in [1.165, 1.54) is 6.07 Å². The van der Waals surface area contributed by atoms with E-state index in [0.717, 1.165) is 12.1 Å². The van der Waals surface area contributed by atoms with Crippen LogP contribution in [0.4, 0.5) is 11.4 Å². The summed E-state index contributed by atoms with van der Waals surface area (Å²) in [5.41, 5.74) is 1.39. The summed E-state index contributed by atoms with van der Waals surface area (Å²) < 4.78 is 11.0. The van der Waals surface area contributed by atoms with Crippen LogP contribution in [0.1, 0.15) is 6.42 Å². The second kappa shape index (κ2) is 6.42. The molecule has 0 amide bonds. The summed E-state index contributed by atoms with van der Waals surface area (Å²) in [4.78, 5) is 14.8. The zero-order chi connectivity index (χ0) is 14.5. The average Bonchev–Trinajstić information content (AvgIpc) is 2.43. The lowest BCUT2D eigenvalue weighted by Crippen LogP contribution is -2.07. The van der Waals surface area contributed by atoms with Crippen LogP contribution in [0.5, 0.6) is 0 Å². The lowest BCUT2D eigenvalue weighted by molar-refractivity contribution is -0.383. The van der Waals surface area contributed by atoms with Crippen molar-refractivity contribution in [2.24, 2.45) is 0 Å². The molecule has 1 atom stereocenters. The van der Waals surface area contributed by atoms with Crippen LogP contribution in [-0.4, -0.2) is 32.7 Å². The minimum atomic E-state index is -0.805. The molecule has 7 heteroatoms. The van der Waals surface area contributed by atoms with Gasteiger partial charge in [0.15, 0.2) is 0 Å². The van der Waals surface area contributed by atoms with E-state index in [2.05, 4.69) is 10.3 Å². The topological polar surface area (TPSA) is 85.1 Å². The summed E-state index contributed by atoms with van der Waals surface area (Å²) in [5, 5.41) is 14.7. The number of anilines is 1. The fourth-order valence-corrected chi connectivity index (χ4v) is 2.51. The van der Waals surface area contributed by atoms with Gasteiger partial charge in [0, 0.05) is 41.6 Å². The molecular weight excluding hydrogens is 278 g/mol. The van der Waals surface area contributed by atoms with Crippen molar-refractivity contribution < 1.29 is 9.13 Å². The van der Waals surface area contributed by atoms with E-state index >= 15 is 0 Å². The molecule has 1 N–H and O–H groups in total. The Morgan fingerprint density at radius 1 is 1.40 bits per heavy atom. The molecule has 0 aliphatic carbocycles. The van der Waals surface area contributed by atoms with Gasteiger partial charge in [0.25, 0.3) is 5.69 Å². The third-order valence-electron chi connectivity index (χ3n) is 2.87. The number of benzene rings is 1. The maximum atomic E-state index is 11.0. The molecule has 0 spiro atoms. The van der Waals surface area contributed by atoms with Gasteiger partial charge in [0.2, 0.25) is 0 Å².